The number of anilines is 2. The summed E-state index contributed by atoms with van der Waals surface area (Å²) in [7, 11) is 0. The summed E-state index contributed by atoms with van der Waals surface area (Å²) in [6.45, 7) is 0. The molecule has 0 bridgehead atoms. The Hall–Kier alpha value is -3.43. The molecule has 5 rings (SSSR count). The predicted molar refractivity (Wildman–Crippen MR) is 119 cm³/mol. The highest BCUT2D eigenvalue weighted by Gasteiger charge is 2.46. The molecule has 4 aromatic carbocycles. The first-order valence-corrected chi connectivity index (χ1v) is 9.75. The van der Waals surface area contributed by atoms with Crippen LogP contribution in [0.5, 0.6) is 5.75 Å². The molecule has 0 radical (unpaired) electrons. The van der Waals surface area contributed by atoms with Crippen molar-refractivity contribution in [3.8, 4) is 16.9 Å². The molecule has 0 saturated heterocycles. The van der Waals surface area contributed by atoms with E-state index in [0.717, 1.165) is 33.4 Å². The van der Waals surface area contributed by atoms with Crippen LogP contribution >= 0.6 is 11.6 Å². The number of aromatic hydroxyl groups is 1. The van der Waals surface area contributed by atoms with Gasteiger partial charge >= 0.3 is 0 Å². The van der Waals surface area contributed by atoms with Gasteiger partial charge in [0.15, 0.2) is 0 Å². The van der Waals surface area contributed by atoms with Crippen molar-refractivity contribution in [2.45, 2.75) is 5.41 Å². The summed E-state index contributed by atoms with van der Waals surface area (Å²) in [5, 5.41) is 10.9. The van der Waals surface area contributed by atoms with Gasteiger partial charge in [-0.05, 0) is 57.6 Å². The van der Waals surface area contributed by atoms with E-state index in [1.165, 1.54) is 0 Å². The number of nitrogens with two attached hydrogens (primary N) is 2. The Bertz CT molecular complexity index is 1170. The van der Waals surface area contributed by atoms with Gasteiger partial charge in [-0.25, -0.2) is 0 Å². The fourth-order valence-corrected chi connectivity index (χ4v) is 4.74. The summed E-state index contributed by atoms with van der Waals surface area (Å²) in [6.07, 6.45) is 0. The molecule has 1 aliphatic rings. The topological polar surface area (TPSA) is 72.3 Å². The fraction of sp³-hybridized carbons (Fsp3) is 0.0400. The second kappa shape index (κ2) is 6.29. The zero-order valence-electron chi connectivity index (χ0n) is 15.6. The van der Waals surface area contributed by atoms with Gasteiger partial charge in [-0.3, -0.25) is 0 Å². The number of hydrogen-bond donors (Lipinski definition) is 3. The molecular formula is C25H19ClN2O. The molecule has 1 aliphatic carbocycles. The van der Waals surface area contributed by atoms with Crippen molar-refractivity contribution < 1.29 is 5.11 Å². The Morgan fingerprint density at radius 2 is 1.17 bits per heavy atom. The molecule has 0 fully saturated rings. The second-order valence-corrected chi connectivity index (χ2v) is 7.76. The summed E-state index contributed by atoms with van der Waals surface area (Å²) in [5.74, 6) is 0.0604. The molecule has 0 aromatic heterocycles. The van der Waals surface area contributed by atoms with Gasteiger partial charge < -0.3 is 16.6 Å². The third kappa shape index (κ3) is 2.38. The Morgan fingerprint density at radius 1 is 0.655 bits per heavy atom. The molecule has 4 heteroatoms. The molecular weight excluding hydrogens is 380 g/mol. The molecule has 0 atom stereocenters. The average molecular weight is 399 g/mol. The summed E-state index contributed by atoms with van der Waals surface area (Å²) in [4.78, 5) is 0. The first kappa shape index (κ1) is 17.7. The lowest BCUT2D eigenvalue weighted by Crippen LogP contribution is -2.28. The van der Waals surface area contributed by atoms with Gasteiger partial charge in [0.2, 0.25) is 0 Å². The minimum Gasteiger partial charge on any atom is -0.506 e. The standard InChI is InChI=1S/C25H19ClN2O/c26-21-13-15(9-11-22(21)27)25(16-10-12-23(28)24(29)14-16)19-7-3-1-5-17(19)18-6-2-4-8-20(18)25/h1-14,29H,27-28H2. The van der Waals surface area contributed by atoms with Crippen LogP contribution in [0, 0.1) is 0 Å². The Kier molecular flexibility index (Phi) is 3.83. The van der Waals surface area contributed by atoms with Gasteiger partial charge in [-0.2, -0.15) is 0 Å². The summed E-state index contributed by atoms with van der Waals surface area (Å²) >= 11 is 6.46. The van der Waals surface area contributed by atoms with Crippen molar-refractivity contribution in [1.29, 1.82) is 0 Å². The smallest absolute Gasteiger partial charge is 0.138 e. The summed E-state index contributed by atoms with van der Waals surface area (Å²) in [6, 6.07) is 27.9. The van der Waals surface area contributed by atoms with Crippen LogP contribution in [0.4, 0.5) is 11.4 Å². The van der Waals surface area contributed by atoms with Crippen LogP contribution in [-0.4, -0.2) is 5.11 Å². The lowest BCUT2D eigenvalue weighted by Gasteiger charge is -2.34. The van der Waals surface area contributed by atoms with Crippen molar-refractivity contribution in [2.24, 2.45) is 0 Å². The van der Waals surface area contributed by atoms with Crippen LogP contribution in [0.1, 0.15) is 22.3 Å². The molecule has 5 N–H and O–H groups in total. The van der Waals surface area contributed by atoms with E-state index >= 15 is 0 Å². The minimum atomic E-state index is -0.643. The molecule has 0 spiro atoms. The van der Waals surface area contributed by atoms with Crippen LogP contribution in [0.3, 0.4) is 0 Å². The van der Waals surface area contributed by atoms with Gasteiger partial charge in [0.25, 0.3) is 0 Å². The highest BCUT2D eigenvalue weighted by atomic mass is 35.5. The SMILES string of the molecule is Nc1ccc(C2(c3ccc(N)c(Cl)c3)c3ccccc3-c3ccccc32)cc1O. The average Bonchev–Trinajstić information content (AvgIpc) is 3.04. The van der Waals surface area contributed by atoms with E-state index in [2.05, 4.69) is 24.3 Å². The Labute approximate surface area is 174 Å². The molecule has 142 valence electrons. The first-order valence-electron chi connectivity index (χ1n) is 9.37. The monoisotopic (exact) mass is 398 g/mol. The summed E-state index contributed by atoms with van der Waals surface area (Å²) < 4.78 is 0. The lowest BCUT2D eigenvalue weighted by molar-refractivity contribution is 0.476. The number of phenols is 1. The van der Waals surface area contributed by atoms with E-state index in [4.69, 9.17) is 23.1 Å². The van der Waals surface area contributed by atoms with Gasteiger partial charge in [-0.1, -0.05) is 72.3 Å². The minimum absolute atomic E-state index is 0.0604. The van der Waals surface area contributed by atoms with Crippen molar-refractivity contribution in [3.63, 3.8) is 0 Å². The van der Waals surface area contributed by atoms with E-state index < -0.39 is 5.41 Å². The van der Waals surface area contributed by atoms with E-state index in [0.29, 0.717) is 16.4 Å². The van der Waals surface area contributed by atoms with Crippen molar-refractivity contribution in [1.82, 2.24) is 0 Å². The second-order valence-electron chi connectivity index (χ2n) is 7.35. The van der Waals surface area contributed by atoms with Gasteiger partial charge in [0.05, 0.1) is 21.8 Å². The number of halogens is 1. The maximum atomic E-state index is 10.4. The number of nitrogen functional groups attached to an aromatic ring is 2. The quantitative estimate of drug-likeness (QED) is 0.269. The van der Waals surface area contributed by atoms with Gasteiger partial charge in [0.1, 0.15) is 5.75 Å². The number of rotatable bonds is 2. The van der Waals surface area contributed by atoms with Crippen molar-refractivity contribution in [3.05, 3.63) is 112 Å². The van der Waals surface area contributed by atoms with E-state index in [1.807, 2.05) is 48.5 Å². The van der Waals surface area contributed by atoms with Crippen LogP contribution in [0.25, 0.3) is 11.1 Å². The molecule has 0 aliphatic heterocycles. The molecule has 4 aromatic rings. The number of benzene rings is 4. The van der Waals surface area contributed by atoms with Gasteiger partial charge in [0, 0.05) is 0 Å². The third-order valence-electron chi connectivity index (χ3n) is 5.85. The highest BCUT2D eigenvalue weighted by Crippen LogP contribution is 2.56. The number of fused-ring (bicyclic) bond motifs is 3. The number of phenolic OH excluding ortho intramolecular Hbond substituents is 1. The zero-order chi connectivity index (χ0) is 20.2. The first-order chi connectivity index (χ1) is 14.0. The Balaban J connectivity index is 1.97. The van der Waals surface area contributed by atoms with Crippen LogP contribution in [0.2, 0.25) is 5.02 Å². The van der Waals surface area contributed by atoms with Crippen LogP contribution in [0.15, 0.2) is 84.9 Å². The van der Waals surface area contributed by atoms with E-state index in [9.17, 15) is 5.11 Å². The molecule has 0 unspecified atom stereocenters. The molecule has 29 heavy (non-hydrogen) atoms. The lowest BCUT2D eigenvalue weighted by atomic mass is 9.67. The largest absolute Gasteiger partial charge is 0.506 e. The fourth-order valence-electron chi connectivity index (χ4n) is 4.56. The molecule has 0 saturated carbocycles. The van der Waals surface area contributed by atoms with E-state index in [1.54, 1.807) is 12.1 Å². The predicted octanol–water partition coefficient (Wildman–Crippen LogP) is 5.57. The summed E-state index contributed by atoms with van der Waals surface area (Å²) in [5.41, 5.74) is 18.6. The maximum absolute atomic E-state index is 10.4. The zero-order valence-corrected chi connectivity index (χ0v) is 16.3. The molecule has 0 heterocycles. The van der Waals surface area contributed by atoms with Crippen molar-refractivity contribution >= 4 is 23.0 Å². The Morgan fingerprint density at radius 3 is 1.72 bits per heavy atom. The van der Waals surface area contributed by atoms with Crippen LogP contribution in [-0.2, 0) is 5.41 Å². The molecule has 0 amide bonds. The van der Waals surface area contributed by atoms with Crippen molar-refractivity contribution in [2.75, 3.05) is 11.5 Å². The molecule has 3 nitrogen and oxygen atoms in total. The third-order valence-corrected chi connectivity index (χ3v) is 6.18. The van der Waals surface area contributed by atoms with E-state index in [-0.39, 0.29) is 5.75 Å². The number of hydrogen-bond acceptors (Lipinski definition) is 3. The maximum Gasteiger partial charge on any atom is 0.138 e. The normalized spacial score (nSPS) is 13.7. The highest BCUT2D eigenvalue weighted by molar-refractivity contribution is 6.33. The van der Waals surface area contributed by atoms with Gasteiger partial charge in [-0.15, -0.1) is 0 Å². The van der Waals surface area contributed by atoms with Crippen LogP contribution < -0.4 is 11.5 Å².